The number of carbonyl (C=O) groups is 1. The van der Waals surface area contributed by atoms with Gasteiger partial charge in [-0.3, -0.25) is 4.79 Å². The lowest BCUT2D eigenvalue weighted by Gasteiger charge is -2.40. The minimum atomic E-state index is -0.206. The molecule has 0 aromatic heterocycles. The predicted octanol–water partition coefficient (Wildman–Crippen LogP) is 6.94. The van der Waals surface area contributed by atoms with Crippen molar-refractivity contribution in [2.45, 2.75) is 52.7 Å². The van der Waals surface area contributed by atoms with Crippen LogP contribution in [0, 0.1) is 5.41 Å². The Morgan fingerprint density at radius 3 is 2.52 bits per heavy atom. The van der Waals surface area contributed by atoms with Crippen molar-refractivity contribution in [2.24, 2.45) is 5.41 Å². The minimum Gasteiger partial charge on any atom is -0.491 e. The molecule has 1 heterocycles. The zero-order chi connectivity index (χ0) is 21.8. The van der Waals surface area contributed by atoms with Gasteiger partial charge in [-0.1, -0.05) is 62.4 Å². The van der Waals surface area contributed by atoms with E-state index in [1.807, 2.05) is 32.0 Å². The molecule has 1 aliphatic carbocycles. The molecule has 158 valence electrons. The van der Waals surface area contributed by atoms with Gasteiger partial charge in [0, 0.05) is 28.8 Å². The number of ether oxygens (including phenoxy) is 1. The molecule has 3 nitrogen and oxygen atoms in total. The molecule has 31 heavy (non-hydrogen) atoms. The normalized spacial score (nSPS) is 19.8. The molecular formula is C28H29NO2. The molecule has 1 N–H and O–H groups in total. The first-order chi connectivity index (χ1) is 14.8. The SMILES string of the molecule is CC(C)Oc1ccccc1[C@@H]1Nc2ccc3ccccc3c2C2=C1C(=O)CC(C)(C)C2. The Balaban J connectivity index is 1.77. The maximum atomic E-state index is 13.6. The number of allylic oxidation sites excluding steroid dienone is 1. The first-order valence-corrected chi connectivity index (χ1v) is 11.1. The molecule has 3 heteroatoms. The van der Waals surface area contributed by atoms with E-state index in [9.17, 15) is 4.79 Å². The number of ketones is 1. The van der Waals surface area contributed by atoms with Gasteiger partial charge in [-0.2, -0.15) is 0 Å². The molecular weight excluding hydrogens is 382 g/mol. The van der Waals surface area contributed by atoms with Crippen LogP contribution in [0.1, 0.15) is 57.7 Å². The van der Waals surface area contributed by atoms with E-state index < -0.39 is 0 Å². The van der Waals surface area contributed by atoms with Gasteiger partial charge in [0.2, 0.25) is 0 Å². The summed E-state index contributed by atoms with van der Waals surface area (Å²) in [6.07, 6.45) is 1.52. The first kappa shape index (κ1) is 19.9. The molecule has 2 aliphatic rings. The summed E-state index contributed by atoms with van der Waals surface area (Å²) < 4.78 is 6.14. The fraction of sp³-hybridized carbons (Fsp3) is 0.321. The van der Waals surface area contributed by atoms with E-state index in [1.165, 1.54) is 21.9 Å². The van der Waals surface area contributed by atoms with Crippen molar-refractivity contribution >= 4 is 27.8 Å². The first-order valence-electron chi connectivity index (χ1n) is 11.1. The molecule has 0 spiro atoms. The third-order valence-electron chi connectivity index (χ3n) is 6.33. The maximum absolute atomic E-state index is 13.6. The number of hydrogen-bond acceptors (Lipinski definition) is 3. The quantitative estimate of drug-likeness (QED) is 0.507. The number of fused-ring (bicyclic) bond motifs is 4. The molecule has 0 fully saturated rings. The average Bonchev–Trinajstić information content (AvgIpc) is 2.72. The van der Waals surface area contributed by atoms with Gasteiger partial charge in [0.25, 0.3) is 0 Å². The Hall–Kier alpha value is -3.07. The van der Waals surface area contributed by atoms with Crippen LogP contribution in [-0.4, -0.2) is 11.9 Å². The largest absolute Gasteiger partial charge is 0.491 e. The van der Waals surface area contributed by atoms with Crippen molar-refractivity contribution in [3.05, 3.63) is 77.4 Å². The summed E-state index contributed by atoms with van der Waals surface area (Å²) >= 11 is 0. The number of carbonyl (C=O) groups excluding carboxylic acids is 1. The van der Waals surface area contributed by atoms with Crippen LogP contribution < -0.4 is 10.1 Å². The van der Waals surface area contributed by atoms with Gasteiger partial charge in [-0.15, -0.1) is 0 Å². The van der Waals surface area contributed by atoms with E-state index in [1.54, 1.807) is 0 Å². The molecule has 5 rings (SSSR count). The number of nitrogens with one attached hydrogen (secondary N) is 1. The predicted molar refractivity (Wildman–Crippen MR) is 127 cm³/mol. The van der Waals surface area contributed by atoms with Crippen molar-refractivity contribution in [2.75, 3.05) is 5.32 Å². The van der Waals surface area contributed by atoms with E-state index in [4.69, 9.17) is 4.74 Å². The molecule has 0 bridgehead atoms. The van der Waals surface area contributed by atoms with Crippen LogP contribution >= 0.6 is 0 Å². The van der Waals surface area contributed by atoms with Gasteiger partial charge in [-0.25, -0.2) is 0 Å². The van der Waals surface area contributed by atoms with Gasteiger partial charge >= 0.3 is 0 Å². The number of rotatable bonds is 3. The summed E-state index contributed by atoms with van der Waals surface area (Å²) in [5.74, 6) is 1.07. The van der Waals surface area contributed by atoms with Crippen molar-refractivity contribution in [3.8, 4) is 5.75 Å². The van der Waals surface area contributed by atoms with Gasteiger partial charge in [0.1, 0.15) is 5.75 Å². The van der Waals surface area contributed by atoms with Crippen LogP contribution in [0.2, 0.25) is 0 Å². The summed E-state index contributed by atoms with van der Waals surface area (Å²) in [6.45, 7) is 8.47. The van der Waals surface area contributed by atoms with Crippen LogP contribution in [0.3, 0.4) is 0 Å². The van der Waals surface area contributed by atoms with Crippen LogP contribution in [0.5, 0.6) is 5.75 Å². The second-order valence-electron chi connectivity index (χ2n) is 9.82. The van der Waals surface area contributed by atoms with Crippen LogP contribution in [0.25, 0.3) is 16.3 Å². The molecule has 1 atom stereocenters. The summed E-state index contributed by atoms with van der Waals surface area (Å²) in [6, 6.07) is 20.7. The lowest BCUT2D eigenvalue weighted by molar-refractivity contribution is -0.118. The van der Waals surface area contributed by atoms with Crippen LogP contribution in [-0.2, 0) is 4.79 Å². The number of Topliss-reactive ketones (excluding diaryl/α,β-unsaturated/α-hetero) is 1. The van der Waals surface area contributed by atoms with Gasteiger partial charge in [0.05, 0.1) is 12.1 Å². The fourth-order valence-electron chi connectivity index (χ4n) is 5.15. The zero-order valence-corrected chi connectivity index (χ0v) is 18.7. The van der Waals surface area contributed by atoms with Crippen molar-refractivity contribution in [1.29, 1.82) is 0 Å². The Labute approximate surface area is 184 Å². The highest BCUT2D eigenvalue weighted by Gasteiger charge is 2.41. The average molecular weight is 412 g/mol. The number of anilines is 1. The minimum absolute atomic E-state index is 0.0556. The zero-order valence-electron chi connectivity index (χ0n) is 18.7. The topological polar surface area (TPSA) is 38.3 Å². The van der Waals surface area contributed by atoms with E-state index >= 15 is 0 Å². The molecule has 0 radical (unpaired) electrons. The summed E-state index contributed by atoms with van der Waals surface area (Å²) in [5.41, 5.74) is 5.34. The Morgan fingerprint density at radius 1 is 0.968 bits per heavy atom. The summed E-state index contributed by atoms with van der Waals surface area (Å²) in [4.78, 5) is 13.6. The molecule has 0 saturated carbocycles. The van der Waals surface area contributed by atoms with E-state index in [-0.39, 0.29) is 23.3 Å². The monoisotopic (exact) mass is 411 g/mol. The number of benzene rings is 3. The highest BCUT2D eigenvalue weighted by molar-refractivity contribution is 6.13. The molecule has 1 aliphatic heterocycles. The second-order valence-corrected chi connectivity index (χ2v) is 9.82. The maximum Gasteiger partial charge on any atom is 0.162 e. The summed E-state index contributed by atoms with van der Waals surface area (Å²) in [7, 11) is 0. The standard InChI is InChI=1S/C28H29NO2/c1-17(2)31-24-12-8-7-11-20(24)27-26-21(15-28(3,4)16-23(26)30)25-19-10-6-5-9-18(19)13-14-22(25)29-27/h5-14,17,27,29H,15-16H2,1-4H3/t27-/m0/s1. The molecule has 0 unspecified atom stereocenters. The third-order valence-corrected chi connectivity index (χ3v) is 6.33. The lowest BCUT2D eigenvalue weighted by atomic mass is 9.68. The van der Waals surface area contributed by atoms with Gasteiger partial charge in [0.15, 0.2) is 5.78 Å². The number of hydrogen-bond donors (Lipinski definition) is 1. The van der Waals surface area contributed by atoms with Crippen molar-refractivity contribution in [3.63, 3.8) is 0 Å². The van der Waals surface area contributed by atoms with E-state index in [0.29, 0.717) is 6.42 Å². The van der Waals surface area contributed by atoms with E-state index in [0.717, 1.165) is 29.0 Å². The Kier molecular flexibility index (Phi) is 4.65. The van der Waals surface area contributed by atoms with Crippen molar-refractivity contribution in [1.82, 2.24) is 0 Å². The smallest absolute Gasteiger partial charge is 0.162 e. The second kappa shape index (κ2) is 7.26. The Morgan fingerprint density at radius 2 is 1.71 bits per heavy atom. The highest BCUT2D eigenvalue weighted by atomic mass is 16.5. The van der Waals surface area contributed by atoms with Crippen LogP contribution in [0.15, 0.2) is 66.2 Å². The number of para-hydroxylation sites is 1. The van der Waals surface area contributed by atoms with Crippen LogP contribution in [0.4, 0.5) is 5.69 Å². The highest BCUT2D eigenvalue weighted by Crippen LogP contribution is 2.52. The molecule has 0 amide bonds. The van der Waals surface area contributed by atoms with Crippen molar-refractivity contribution < 1.29 is 9.53 Å². The summed E-state index contributed by atoms with van der Waals surface area (Å²) in [5, 5.41) is 6.12. The van der Waals surface area contributed by atoms with E-state index in [2.05, 4.69) is 61.6 Å². The molecule has 3 aromatic rings. The van der Waals surface area contributed by atoms with Gasteiger partial charge < -0.3 is 10.1 Å². The molecule has 3 aromatic carbocycles. The lowest BCUT2D eigenvalue weighted by Crippen LogP contribution is -2.33. The third kappa shape index (κ3) is 3.42. The Bertz CT molecular complexity index is 1220. The fourth-order valence-corrected chi connectivity index (χ4v) is 5.15. The van der Waals surface area contributed by atoms with Gasteiger partial charge in [-0.05, 0) is 54.2 Å². The molecule has 0 saturated heterocycles.